The molecule has 208 valence electrons. The van der Waals surface area contributed by atoms with E-state index in [1.807, 2.05) is 23.6 Å². The second-order valence-corrected chi connectivity index (χ2v) is 12.1. The number of carbonyl (C=O) groups excluding carboxylic acids is 1. The van der Waals surface area contributed by atoms with Gasteiger partial charge in [0.2, 0.25) is 5.95 Å². The van der Waals surface area contributed by atoms with E-state index in [-0.39, 0.29) is 11.6 Å². The highest BCUT2D eigenvalue weighted by molar-refractivity contribution is 14.1. The lowest BCUT2D eigenvalue weighted by molar-refractivity contribution is -0.144. The van der Waals surface area contributed by atoms with Crippen LogP contribution >= 0.6 is 22.6 Å². The van der Waals surface area contributed by atoms with Gasteiger partial charge in [0.1, 0.15) is 17.1 Å². The maximum Gasteiger partial charge on any atom is 0.528 e. The maximum absolute atomic E-state index is 13.2. The molecule has 1 saturated carbocycles. The van der Waals surface area contributed by atoms with Gasteiger partial charge in [-0.15, -0.1) is 5.06 Å². The molecule has 3 aromatic heterocycles. The Kier molecular flexibility index (Phi) is 7.94. The van der Waals surface area contributed by atoms with Crippen LogP contribution in [0.3, 0.4) is 0 Å². The zero-order valence-corrected chi connectivity index (χ0v) is 24.9. The lowest BCUT2D eigenvalue weighted by Gasteiger charge is -2.34. The number of fused-ring (bicyclic) bond motifs is 1. The van der Waals surface area contributed by atoms with E-state index in [0.717, 1.165) is 45.9 Å². The zero-order valence-electron chi connectivity index (χ0n) is 22.7. The molecule has 1 aliphatic heterocycles. The quantitative estimate of drug-likeness (QED) is 0.302. The first kappa shape index (κ1) is 27.6. The summed E-state index contributed by atoms with van der Waals surface area (Å²) in [5.74, 6) is 1.02. The van der Waals surface area contributed by atoms with Crippen LogP contribution in [-0.2, 0) is 9.57 Å². The molecule has 5 rings (SSSR count). The first-order valence-corrected chi connectivity index (χ1v) is 14.4. The molecule has 0 unspecified atom stereocenters. The Balaban J connectivity index is 1.26. The van der Waals surface area contributed by atoms with E-state index >= 15 is 0 Å². The van der Waals surface area contributed by atoms with E-state index in [4.69, 9.17) is 14.6 Å². The van der Waals surface area contributed by atoms with Gasteiger partial charge in [0.15, 0.2) is 0 Å². The number of rotatable bonds is 5. The van der Waals surface area contributed by atoms with Gasteiger partial charge < -0.3 is 19.8 Å². The summed E-state index contributed by atoms with van der Waals surface area (Å²) in [6, 6.07) is 4.04. The Bertz CT molecular complexity index is 1410. The topological polar surface area (TPSA) is 115 Å². The number of nitrogens with zero attached hydrogens (tertiary/aromatic N) is 6. The van der Waals surface area contributed by atoms with Crippen molar-refractivity contribution in [3.63, 3.8) is 0 Å². The lowest BCUT2D eigenvalue weighted by atomic mass is 10.1. The normalized spacial score (nSPS) is 17.0. The minimum Gasteiger partial charge on any atom is -0.427 e. The lowest BCUT2D eigenvalue weighted by Crippen LogP contribution is -2.47. The molecule has 12 heteroatoms. The van der Waals surface area contributed by atoms with Crippen LogP contribution < -0.4 is 15.8 Å². The molecule has 0 atom stereocenters. The number of aryl methyl sites for hydroxylation is 1. The number of pyridine rings is 2. The number of ether oxygens (including phenoxy) is 1. The number of hydroxylamine groups is 2. The summed E-state index contributed by atoms with van der Waals surface area (Å²) in [6.45, 7) is 9.85. The molecule has 0 amide bonds. The second-order valence-electron chi connectivity index (χ2n) is 11.0. The molecule has 0 aromatic carbocycles. The summed E-state index contributed by atoms with van der Waals surface area (Å²) >= 11 is 2.14. The summed E-state index contributed by atoms with van der Waals surface area (Å²) in [5.41, 5.74) is 1.99. The number of hydrogen-bond donors (Lipinski definition) is 1. The number of nitrogens with one attached hydrogen (secondary N) is 1. The highest BCUT2D eigenvalue weighted by Crippen LogP contribution is 2.32. The number of hydrogen-bond acceptors (Lipinski definition) is 10. The third-order valence-electron chi connectivity index (χ3n) is 7.01. The average molecular weight is 648 g/mol. The monoisotopic (exact) mass is 647 g/mol. The summed E-state index contributed by atoms with van der Waals surface area (Å²) < 4.78 is 7.82. The fourth-order valence-corrected chi connectivity index (χ4v) is 5.59. The molecule has 0 bridgehead atoms. The number of piperazine rings is 1. The largest absolute Gasteiger partial charge is 0.528 e. The summed E-state index contributed by atoms with van der Waals surface area (Å²) in [5, 5.41) is 5.72. The molecule has 0 spiro atoms. The van der Waals surface area contributed by atoms with Gasteiger partial charge in [0.25, 0.3) is 5.56 Å². The van der Waals surface area contributed by atoms with Gasteiger partial charge in [-0.05, 0) is 80.8 Å². The number of anilines is 3. The van der Waals surface area contributed by atoms with Crippen molar-refractivity contribution in [3.05, 3.63) is 44.0 Å². The Morgan fingerprint density at radius 3 is 2.44 bits per heavy atom. The first-order valence-electron chi connectivity index (χ1n) is 13.3. The van der Waals surface area contributed by atoms with Crippen molar-refractivity contribution in [2.24, 2.45) is 0 Å². The van der Waals surface area contributed by atoms with Crippen LogP contribution in [0.2, 0.25) is 0 Å². The molecule has 3 aromatic rings. The van der Waals surface area contributed by atoms with Crippen molar-refractivity contribution in [2.75, 3.05) is 36.4 Å². The van der Waals surface area contributed by atoms with Crippen molar-refractivity contribution in [3.8, 4) is 0 Å². The average Bonchev–Trinajstić information content (AvgIpc) is 3.42. The van der Waals surface area contributed by atoms with Crippen LogP contribution in [0.5, 0.6) is 0 Å². The van der Waals surface area contributed by atoms with Crippen molar-refractivity contribution < 1.29 is 14.4 Å². The SMILES string of the molecule is Cc1c(I)c(=O)n(C2CCCC2)c2nc(Nc3ccc(N4CCN(OC(=O)OC(C)(C)C)CC4)cn3)ncc12. The van der Waals surface area contributed by atoms with Crippen LogP contribution in [-0.4, -0.2) is 62.5 Å². The minimum absolute atomic E-state index is 0.0243. The zero-order chi connectivity index (χ0) is 27.7. The molecule has 1 aliphatic carbocycles. The van der Waals surface area contributed by atoms with E-state index in [0.29, 0.717) is 43.6 Å². The van der Waals surface area contributed by atoms with Crippen LogP contribution in [0.15, 0.2) is 29.3 Å². The highest BCUT2D eigenvalue weighted by Gasteiger charge is 2.25. The Morgan fingerprint density at radius 1 is 1.08 bits per heavy atom. The van der Waals surface area contributed by atoms with E-state index in [2.05, 4.69) is 42.8 Å². The predicted molar refractivity (Wildman–Crippen MR) is 157 cm³/mol. The molecule has 4 heterocycles. The number of halogens is 1. The van der Waals surface area contributed by atoms with Crippen molar-refractivity contribution >= 4 is 57.2 Å². The maximum atomic E-state index is 13.2. The molecule has 0 radical (unpaired) electrons. The summed E-state index contributed by atoms with van der Waals surface area (Å²) in [6.07, 6.45) is 7.14. The van der Waals surface area contributed by atoms with Crippen LogP contribution in [0.4, 0.5) is 22.2 Å². The third-order valence-corrected chi connectivity index (χ3v) is 8.28. The first-order chi connectivity index (χ1) is 18.6. The van der Waals surface area contributed by atoms with Gasteiger partial charge >= 0.3 is 6.16 Å². The van der Waals surface area contributed by atoms with Gasteiger partial charge in [0, 0.05) is 30.7 Å². The van der Waals surface area contributed by atoms with E-state index in [1.54, 1.807) is 38.2 Å². The summed E-state index contributed by atoms with van der Waals surface area (Å²) in [7, 11) is 0. The van der Waals surface area contributed by atoms with Gasteiger partial charge in [-0.1, -0.05) is 12.8 Å². The van der Waals surface area contributed by atoms with Gasteiger partial charge in [-0.2, -0.15) is 4.98 Å². The van der Waals surface area contributed by atoms with E-state index < -0.39 is 11.8 Å². The Hall–Kier alpha value is -3.00. The van der Waals surface area contributed by atoms with Crippen LogP contribution in [0.1, 0.15) is 58.1 Å². The smallest absolute Gasteiger partial charge is 0.427 e. The summed E-state index contributed by atoms with van der Waals surface area (Å²) in [4.78, 5) is 46.5. The molecule has 39 heavy (non-hydrogen) atoms. The third kappa shape index (κ3) is 6.26. The Morgan fingerprint density at radius 2 is 1.79 bits per heavy atom. The fourth-order valence-electron chi connectivity index (χ4n) is 5.04. The van der Waals surface area contributed by atoms with Crippen LogP contribution in [0, 0.1) is 10.5 Å². The predicted octanol–water partition coefficient (Wildman–Crippen LogP) is 4.95. The Labute approximate surface area is 241 Å². The second kappa shape index (κ2) is 11.2. The highest BCUT2D eigenvalue weighted by atomic mass is 127. The van der Waals surface area contributed by atoms with Gasteiger partial charge in [-0.3, -0.25) is 9.36 Å². The van der Waals surface area contributed by atoms with Crippen LogP contribution in [0.25, 0.3) is 11.0 Å². The standard InChI is InChI=1S/C27H34IN7O4/c1-17-20-16-30-25(32-23(20)35(24(36)22(17)28)18-7-5-6-8-18)31-21-10-9-19(15-29-21)33-11-13-34(14-12-33)39-26(37)38-27(2,3)4/h9-10,15-16,18H,5-8,11-14H2,1-4H3,(H,29,30,31,32). The van der Waals surface area contributed by atoms with E-state index in [1.165, 1.54) is 0 Å². The molecular formula is C27H34IN7O4. The molecule has 2 fully saturated rings. The molecule has 1 N–H and O–H groups in total. The van der Waals surface area contributed by atoms with Crippen molar-refractivity contribution in [1.29, 1.82) is 0 Å². The minimum atomic E-state index is -0.686. The van der Waals surface area contributed by atoms with E-state index in [9.17, 15) is 9.59 Å². The molecule has 2 aliphatic rings. The van der Waals surface area contributed by atoms with Gasteiger partial charge in [0.05, 0.1) is 28.5 Å². The molecule has 11 nitrogen and oxygen atoms in total. The molecule has 1 saturated heterocycles. The number of aromatic nitrogens is 4. The number of carbonyl (C=O) groups is 1. The fraction of sp³-hybridized carbons (Fsp3) is 0.519. The molecular weight excluding hydrogens is 613 g/mol. The van der Waals surface area contributed by atoms with Crippen molar-refractivity contribution in [2.45, 2.75) is 65.0 Å². The van der Waals surface area contributed by atoms with Gasteiger partial charge in [-0.25, -0.2) is 14.8 Å². The van der Waals surface area contributed by atoms with Crippen molar-refractivity contribution in [1.82, 2.24) is 24.6 Å².